The minimum atomic E-state index is -4.67. The average molecular weight is 521 g/mol. The highest BCUT2D eigenvalue weighted by molar-refractivity contribution is 6.00. The highest BCUT2D eigenvalue weighted by Gasteiger charge is 2.43. The topological polar surface area (TPSA) is 66.5 Å². The third kappa shape index (κ3) is 6.48. The van der Waals surface area contributed by atoms with Crippen LogP contribution in [0, 0.1) is 5.92 Å². The van der Waals surface area contributed by atoms with Gasteiger partial charge in [-0.1, -0.05) is 24.8 Å². The number of ether oxygens (including phenoxy) is 1. The smallest absolute Gasteiger partial charge is 0.379 e. The molecule has 4 rings (SSSR count). The van der Waals surface area contributed by atoms with Gasteiger partial charge >= 0.3 is 6.18 Å². The molecule has 2 fully saturated rings. The molecule has 0 unspecified atom stereocenters. The molecule has 1 saturated heterocycles. The van der Waals surface area contributed by atoms with Gasteiger partial charge in [-0.15, -0.1) is 0 Å². The van der Waals surface area contributed by atoms with E-state index in [1.165, 1.54) is 0 Å². The van der Waals surface area contributed by atoms with E-state index in [4.69, 9.17) is 4.74 Å². The van der Waals surface area contributed by atoms with Crippen molar-refractivity contribution >= 4 is 34.0 Å². The minimum absolute atomic E-state index is 0.0496. The molecule has 200 valence electrons. The first-order chi connectivity index (χ1) is 17.6. The third-order valence-electron chi connectivity index (χ3n) is 6.74. The van der Waals surface area contributed by atoms with Crippen molar-refractivity contribution < 1.29 is 27.1 Å². The van der Waals surface area contributed by atoms with E-state index in [2.05, 4.69) is 22.2 Å². The number of pyridine rings is 1. The molecule has 0 radical (unpaired) electrons. The SMILES string of the molecule is C=C(c1nc(/C=C/CNC(=O)[C@@H]2C[C@H]2OCC)cc2c(N[C@@H]3CCN(C)C[C@@H]3F)cccc12)C(F)(F)F. The van der Waals surface area contributed by atoms with Crippen LogP contribution in [0.3, 0.4) is 0 Å². The number of anilines is 1. The predicted molar refractivity (Wildman–Crippen MR) is 137 cm³/mol. The number of alkyl halides is 4. The molecule has 1 aliphatic carbocycles. The molecule has 2 aliphatic rings. The second-order valence-electron chi connectivity index (χ2n) is 9.57. The van der Waals surface area contributed by atoms with E-state index in [-0.39, 0.29) is 47.8 Å². The van der Waals surface area contributed by atoms with Crippen molar-refractivity contribution in [1.82, 2.24) is 15.2 Å². The Morgan fingerprint density at radius 2 is 2.11 bits per heavy atom. The van der Waals surface area contributed by atoms with E-state index >= 15 is 0 Å². The van der Waals surface area contributed by atoms with Crippen LogP contribution >= 0.6 is 0 Å². The Balaban J connectivity index is 1.59. The second-order valence-corrected chi connectivity index (χ2v) is 9.57. The summed E-state index contributed by atoms with van der Waals surface area (Å²) in [4.78, 5) is 18.3. The largest absolute Gasteiger partial charge is 0.417 e. The van der Waals surface area contributed by atoms with Crippen LogP contribution in [0.15, 0.2) is 36.9 Å². The fraction of sp³-hybridized carbons (Fsp3) is 0.481. The van der Waals surface area contributed by atoms with E-state index in [9.17, 15) is 22.4 Å². The van der Waals surface area contributed by atoms with Gasteiger partial charge in [-0.25, -0.2) is 9.37 Å². The number of aromatic nitrogens is 1. The molecule has 0 bridgehead atoms. The predicted octanol–water partition coefficient (Wildman–Crippen LogP) is 4.82. The van der Waals surface area contributed by atoms with Crippen molar-refractivity contribution in [2.45, 2.75) is 44.3 Å². The maximum Gasteiger partial charge on any atom is 0.417 e. The molecule has 10 heteroatoms. The number of nitrogens with zero attached hydrogens (tertiary/aromatic N) is 2. The number of hydrogen-bond acceptors (Lipinski definition) is 5. The number of likely N-dealkylation sites (tertiary alicyclic amines) is 1. The zero-order chi connectivity index (χ0) is 26.7. The monoisotopic (exact) mass is 520 g/mol. The highest BCUT2D eigenvalue weighted by atomic mass is 19.4. The Hall–Kier alpha value is -2.98. The number of halogens is 4. The number of hydrogen-bond donors (Lipinski definition) is 2. The fourth-order valence-electron chi connectivity index (χ4n) is 4.61. The quantitative estimate of drug-likeness (QED) is 0.465. The van der Waals surface area contributed by atoms with Crippen molar-refractivity contribution in [1.29, 1.82) is 0 Å². The Kier molecular flexibility index (Phi) is 8.18. The van der Waals surface area contributed by atoms with Crippen molar-refractivity contribution in [3.8, 4) is 0 Å². The van der Waals surface area contributed by atoms with Gasteiger partial charge in [-0.3, -0.25) is 4.79 Å². The molecule has 2 N–H and O–H groups in total. The number of carbonyl (C=O) groups is 1. The van der Waals surface area contributed by atoms with Crippen LogP contribution < -0.4 is 10.6 Å². The lowest BCUT2D eigenvalue weighted by atomic mass is 9.99. The lowest BCUT2D eigenvalue weighted by Crippen LogP contribution is -2.46. The molecule has 2 aromatic rings. The first-order valence-corrected chi connectivity index (χ1v) is 12.4. The molecule has 1 amide bonds. The van der Waals surface area contributed by atoms with Gasteiger partial charge in [-0.2, -0.15) is 13.2 Å². The number of fused-ring (bicyclic) bond motifs is 1. The summed E-state index contributed by atoms with van der Waals surface area (Å²) in [5.74, 6) is -0.285. The summed E-state index contributed by atoms with van der Waals surface area (Å²) in [6.45, 7) is 6.87. The highest BCUT2D eigenvalue weighted by Crippen LogP contribution is 2.38. The first kappa shape index (κ1) is 27.1. The van der Waals surface area contributed by atoms with Gasteiger partial charge in [0, 0.05) is 42.7 Å². The molecular weight excluding hydrogens is 488 g/mol. The van der Waals surface area contributed by atoms with E-state index in [0.717, 1.165) is 0 Å². The van der Waals surface area contributed by atoms with E-state index in [0.29, 0.717) is 37.1 Å². The van der Waals surface area contributed by atoms with Crippen LogP contribution in [0.25, 0.3) is 22.4 Å². The lowest BCUT2D eigenvalue weighted by Gasteiger charge is -2.33. The van der Waals surface area contributed by atoms with Crippen LogP contribution in [0.2, 0.25) is 0 Å². The summed E-state index contributed by atoms with van der Waals surface area (Å²) in [6.07, 6.45) is -1.38. The summed E-state index contributed by atoms with van der Waals surface area (Å²) in [7, 11) is 1.85. The zero-order valence-corrected chi connectivity index (χ0v) is 20.9. The van der Waals surface area contributed by atoms with Gasteiger partial charge in [0.25, 0.3) is 0 Å². The van der Waals surface area contributed by atoms with Crippen molar-refractivity contribution in [2.24, 2.45) is 5.92 Å². The third-order valence-corrected chi connectivity index (χ3v) is 6.74. The lowest BCUT2D eigenvalue weighted by molar-refractivity contribution is -0.123. The summed E-state index contributed by atoms with van der Waals surface area (Å²) >= 11 is 0. The molecule has 1 saturated carbocycles. The maximum atomic E-state index is 14.7. The number of piperidine rings is 1. The zero-order valence-electron chi connectivity index (χ0n) is 20.9. The van der Waals surface area contributed by atoms with Gasteiger partial charge < -0.3 is 20.3 Å². The van der Waals surface area contributed by atoms with E-state index < -0.39 is 24.0 Å². The number of allylic oxidation sites excluding steroid dienone is 1. The van der Waals surface area contributed by atoms with Gasteiger partial charge in [0.15, 0.2) is 0 Å². The van der Waals surface area contributed by atoms with E-state index in [1.807, 2.05) is 18.9 Å². The maximum absolute atomic E-state index is 14.7. The number of benzene rings is 1. The summed E-state index contributed by atoms with van der Waals surface area (Å²) in [5, 5.41) is 6.76. The summed E-state index contributed by atoms with van der Waals surface area (Å²) in [6, 6.07) is 6.11. The Labute approximate surface area is 213 Å². The molecule has 2 heterocycles. The molecule has 1 aliphatic heterocycles. The van der Waals surface area contributed by atoms with Gasteiger partial charge in [0.1, 0.15) is 6.17 Å². The van der Waals surface area contributed by atoms with Crippen LogP contribution in [-0.2, 0) is 9.53 Å². The number of carbonyl (C=O) groups excluding carboxylic acids is 1. The molecule has 1 aromatic heterocycles. The minimum Gasteiger partial charge on any atom is -0.379 e. The van der Waals surface area contributed by atoms with Crippen molar-refractivity contribution in [3.05, 3.63) is 48.3 Å². The van der Waals surface area contributed by atoms with Gasteiger partial charge in [-0.05, 0) is 45.0 Å². The Morgan fingerprint density at radius 1 is 1.32 bits per heavy atom. The second kappa shape index (κ2) is 11.2. The van der Waals surface area contributed by atoms with Crippen molar-refractivity contribution in [3.63, 3.8) is 0 Å². The Bertz CT molecular complexity index is 1180. The van der Waals surface area contributed by atoms with Gasteiger partial charge in [0.05, 0.1) is 35.0 Å². The average Bonchev–Trinajstić information content (AvgIpc) is 3.62. The van der Waals surface area contributed by atoms with Crippen LogP contribution in [0.4, 0.5) is 23.2 Å². The standard InChI is InChI=1S/C27H32F4N4O2/c1-4-37-24-14-20(24)26(36)32-11-6-7-17-13-19-18(25(33-17)16(2)27(29,30)31)8-5-9-22(19)34-23-10-12-35(3)15-21(23)28/h5-9,13,20-21,23-24,34H,2,4,10-12,14-15H2,1,3H3,(H,32,36)/b7-6+/t20-,21+,23-,24-/m1/s1. The van der Waals surface area contributed by atoms with Crippen LogP contribution in [0.5, 0.6) is 0 Å². The normalized spacial score (nSPS) is 24.4. The molecular formula is C27H32F4N4O2. The fourth-order valence-corrected chi connectivity index (χ4v) is 4.61. The molecule has 37 heavy (non-hydrogen) atoms. The first-order valence-electron chi connectivity index (χ1n) is 12.4. The van der Waals surface area contributed by atoms with Crippen LogP contribution in [-0.4, -0.2) is 73.6 Å². The molecule has 6 nitrogen and oxygen atoms in total. The number of amides is 1. The van der Waals surface area contributed by atoms with E-state index in [1.54, 1.807) is 36.4 Å². The molecule has 1 aromatic carbocycles. The van der Waals surface area contributed by atoms with Gasteiger partial charge in [0.2, 0.25) is 5.91 Å². The summed E-state index contributed by atoms with van der Waals surface area (Å²) < 4.78 is 61.0. The Morgan fingerprint density at radius 3 is 2.81 bits per heavy atom. The summed E-state index contributed by atoms with van der Waals surface area (Å²) in [5.41, 5.74) is -0.534. The van der Waals surface area contributed by atoms with Crippen molar-refractivity contribution in [2.75, 3.05) is 38.6 Å². The number of rotatable bonds is 9. The number of nitrogens with one attached hydrogen (secondary N) is 2. The molecule has 0 spiro atoms. The van der Waals surface area contributed by atoms with Crippen LogP contribution in [0.1, 0.15) is 31.2 Å². The molecule has 4 atom stereocenters.